The van der Waals surface area contributed by atoms with E-state index in [1.165, 1.54) is 11.1 Å². The van der Waals surface area contributed by atoms with Crippen LogP contribution in [0.5, 0.6) is 11.5 Å². The molecule has 1 aromatic carbocycles. The van der Waals surface area contributed by atoms with E-state index in [4.69, 9.17) is 33.0 Å². The Morgan fingerprint density at radius 1 is 0.965 bits per heavy atom. The van der Waals surface area contributed by atoms with Gasteiger partial charge in [0.25, 0.3) is 5.91 Å². The first-order valence-corrected chi connectivity index (χ1v) is 19.8. The average molecular weight is 796 g/mol. The molecule has 0 spiro atoms. The Balaban J connectivity index is 1.23. The largest absolute Gasteiger partial charge is 0.514 e. The number of rotatable bonds is 10. The first-order chi connectivity index (χ1) is 26.3. The maximum absolute atomic E-state index is 14.1. The smallest absolute Gasteiger partial charge is 0.486 e. The summed E-state index contributed by atoms with van der Waals surface area (Å²) in [4.78, 5) is 55.1. The van der Waals surface area contributed by atoms with Crippen molar-refractivity contribution in [1.82, 2.24) is 25.6 Å². The van der Waals surface area contributed by atoms with E-state index < -0.39 is 65.8 Å². The van der Waals surface area contributed by atoms with Crippen molar-refractivity contribution < 1.29 is 52.2 Å². The first-order valence-electron chi connectivity index (χ1n) is 19.8. The van der Waals surface area contributed by atoms with Crippen molar-refractivity contribution >= 4 is 31.2 Å². The Hall–Kier alpha value is -4.38. The minimum Gasteiger partial charge on any atom is -0.486 e. The van der Waals surface area contributed by atoms with E-state index in [1.807, 2.05) is 0 Å². The summed E-state index contributed by atoms with van der Waals surface area (Å²) < 4.78 is 42.1. The van der Waals surface area contributed by atoms with Gasteiger partial charge in [0, 0.05) is 6.20 Å². The molecule has 2 aliphatic heterocycles. The van der Waals surface area contributed by atoms with Gasteiger partial charge in [-0.2, -0.15) is 0 Å². The summed E-state index contributed by atoms with van der Waals surface area (Å²) in [5.41, 5.74) is -2.15. The van der Waals surface area contributed by atoms with Crippen LogP contribution in [0.15, 0.2) is 18.3 Å². The molecule has 312 valence electrons. The van der Waals surface area contributed by atoms with Crippen molar-refractivity contribution in [1.29, 1.82) is 0 Å². The van der Waals surface area contributed by atoms with Gasteiger partial charge < -0.3 is 43.2 Å². The number of hydrogen-bond donors (Lipinski definition) is 2. The molecule has 3 heterocycles. The minimum absolute atomic E-state index is 0.00176. The summed E-state index contributed by atoms with van der Waals surface area (Å²) >= 11 is 0. The summed E-state index contributed by atoms with van der Waals surface area (Å²) in [7, 11) is -0.491. The predicted octanol–water partition coefficient (Wildman–Crippen LogP) is 6.20. The number of aromatic nitrogens is 3. The molecule has 16 nitrogen and oxygen atoms in total. The number of H-pyrrole nitrogens is 1. The topological polar surface area (TPSA) is 190 Å². The van der Waals surface area contributed by atoms with Crippen molar-refractivity contribution in [2.45, 2.75) is 149 Å². The summed E-state index contributed by atoms with van der Waals surface area (Å²) in [5.74, 6) is -0.195. The summed E-state index contributed by atoms with van der Waals surface area (Å²) in [6, 6.07) is 2.19. The van der Waals surface area contributed by atoms with Crippen LogP contribution in [0.2, 0.25) is 6.32 Å². The third-order valence-corrected chi connectivity index (χ3v) is 11.1. The molecule has 1 aromatic heterocycles. The third kappa shape index (κ3) is 9.35. The van der Waals surface area contributed by atoms with Crippen LogP contribution >= 0.6 is 0 Å². The monoisotopic (exact) mass is 795 g/mol. The zero-order valence-corrected chi connectivity index (χ0v) is 35.3. The lowest BCUT2D eigenvalue weighted by Gasteiger charge is -2.64. The number of nitrogens with one attached hydrogen (secondary N) is 2. The molecule has 5 aliphatic rings. The molecule has 1 unspecified atom stereocenters. The maximum atomic E-state index is 14.1. The average Bonchev–Trinajstić information content (AvgIpc) is 3.69. The van der Waals surface area contributed by atoms with E-state index >= 15 is 0 Å². The Morgan fingerprint density at radius 3 is 2.23 bits per heavy atom. The van der Waals surface area contributed by atoms with Crippen molar-refractivity contribution in [3.05, 3.63) is 35.2 Å². The van der Waals surface area contributed by atoms with Crippen molar-refractivity contribution in [2.75, 3.05) is 13.1 Å². The lowest BCUT2D eigenvalue weighted by molar-refractivity contribution is -0.199. The molecule has 3 aliphatic carbocycles. The third-order valence-electron chi connectivity index (χ3n) is 11.1. The van der Waals surface area contributed by atoms with Gasteiger partial charge in [0.15, 0.2) is 11.8 Å². The maximum Gasteiger partial charge on any atom is 0.514 e. The van der Waals surface area contributed by atoms with E-state index in [9.17, 15) is 19.2 Å². The van der Waals surface area contributed by atoms with E-state index in [0.717, 1.165) is 12.8 Å². The number of benzene rings is 1. The summed E-state index contributed by atoms with van der Waals surface area (Å²) in [6.07, 6.45) is 1.88. The molecule has 17 heteroatoms. The highest BCUT2D eigenvalue weighted by atomic mass is 16.7. The van der Waals surface area contributed by atoms with Gasteiger partial charge in [-0.3, -0.25) is 9.89 Å². The second kappa shape index (κ2) is 15.1. The van der Waals surface area contributed by atoms with E-state index in [-0.39, 0.29) is 47.4 Å². The van der Waals surface area contributed by atoms with Crippen LogP contribution in [0.4, 0.5) is 9.59 Å². The molecule has 2 saturated heterocycles. The van der Waals surface area contributed by atoms with E-state index in [1.54, 1.807) is 74.4 Å². The quantitative estimate of drug-likeness (QED) is 0.120. The number of esters is 1. The SMILES string of the molecule is CC(C)(C)OC(=O)NC(C(=O)N1CC(Oc2ccc(CCB3O[C@@H]4C[C@@H]5C[C@@H](C5(C)C)[C@]4(C)O3)c(OC(=O)OC(C)(C)C)c2C(=O)OC(C)(C)C)C1)c1c[nH]nn1. The van der Waals surface area contributed by atoms with E-state index in [0.29, 0.717) is 30.1 Å². The Kier molecular flexibility index (Phi) is 11.2. The zero-order valence-electron chi connectivity index (χ0n) is 35.3. The van der Waals surface area contributed by atoms with Gasteiger partial charge in [0.1, 0.15) is 39.9 Å². The van der Waals surface area contributed by atoms with Crippen LogP contribution < -0.4 is 14.8 Å². The fourth-order valence-corrected chi connectivity index (χ4v) is 8.34. The number of aryl methyl sites for hydroxylation is 1. The van der Waals surface area contributed by atoms with Crippen LogP contribution in [0.1, 0.15) is 124 Å². The number of nitrogens with zero attached hydrogens (tertiary/aromatic N) is 3. The molecule has 2 N–H and O–H groups in total. The Morgan fingerprint density at radius 2 is 1.63 bits per heavy atom. The molecular weight excluding hydrogens is 737 g/mol. The van der Waals surface area contributed by atoms with Gasteiger partial charge in [-0.25, -0.2) is 14.4 Å². The van der Waals surface area contributed by atoms with Gasteiger partial charge in [-0.1, -0.05) is 25.1 Å². The van der Waals surface area contributed by atoms with E-state index in [2.05, 4.69) is 41.5 Å². The number of aromatic amines is 1. The number of carbonyl (C=O) groups is 4. The fraction of sp³-hybridized carbons (Fsp3) is 0.700. The van der Waals surface area contributed by atoms with Gasteiger partial charge in [-0.05, 0) is 124 Å². The minimum atomic E-state index is -1.18. The molecular formula is C40H58BN5O11. The van der Waals surface area contributed by atoms with Crippen molar-refractivity contribution in [2.24, 2.45) is 17.3 Å². The van der Waals surface area contributed by atoms with Crippen LogP contribution in [0, 0.1) is 17.3 Å². The highest BCUT2D eigenvalue weighted by molar-refractivity contribution is 6.45. The van der Waals surface area contributed by atoms with Crippen LogP contribution in [-0.2, 0) is 34.7 Å². The molecule has 2 amide bonds. The normalized spacial score (nSPS) is 24.7. The second-order valence-electron chi connectivity index (χ2n) is 19.4. The molecule has 7 rings (SSSR count). The highest BCUT2D eigenvalue weighted by Gasteiger charge is 2.67. The number of hydrogen-bond acceptors (Lipinski definition) is 13. The lowest BCUT2D eigenvalue weighted by atomic mass is 9.43. The molecule has 5 atom stereocenters. The zero-order chi connectivity index (χ0) is 41.9. The van der Waals surface area contributed by atoms with Crippen molar-refractivity contribution in [3.8, 4) is 11.5 Å². The number of carbonyl (C=O) groups excluding carboxylic acids is 4. The summed E-state index contributed by atoms with van der Waals surface area (Å²) in [5, 5.41) is 12.8. The van der Waals surface area contributed by atoms with Crippen molar-refractivity contribution in [3.63, 3.8) is 0 Å². The standard InChI is InChI=1S/C40H58BN5O11/c1-36(2,3)53-33(48)29-26(51-24-20-46(21-24)32(47)30(25-19-42-45-44-25)43-34(49)54-37(4,5)6)14-13-22(31(29)52-35(50)55-38(7,8)9)15-16-41-56-28-18-23-17-27(39(23,10)11)40(28,12)57-41/h13-14,19,23-24,27-28,30H,15-18,20-21H2,1-12H3,(H,43,49)(H,42,44,45)/t23-,27-,28+,30?,40-/m0/s1. The molecule has 3 saturated carbocycles. The number of amides is 2. The van der Waals surface area contributed by atoms with Crippen LogP contribution in [-0.4, -0.2) is 99.3 Å². The fourth-order valence-electron chi connectivity index (χ4n) is 8.34. The molecule has 57 heavy (non-hydrogen) atoms. The molecule has 0 radical (unpaired) electrons. The Labute approximate surface area is 334 Å². The van der Waals surface area contributed by atoms with Gasteiger partial charge in [-0.15, -0.1) is 5.10 Å². The molecule has 2 bridgehead atoms. The van der Waals surface area contributed by atoms with Gasteiger partial charge in [0.2, 0.25) is 0 Å². The first kappa shape index (κ1) is 42.2. The highest BCUT2D eigenvalue weighted by Crippen LogP contribution is 2.65. The lowest BCUT2D eigenvalue weighted by Crippen LogP contribution is -2.65. The van der Waals surface area contributed by atoms with Gasteiger partial charge in [0.05, 0.1) is 24.8 Å². The predicted molar refractivity (Wildman–Crippen MR) is 207 cm³/mol. The number of alkyl carbamates (subject to hydrolysis) is 1. The molecule has 2 aromatic rings. The van der Waals surface area contributed by atoms with Crippen LogP contribution in [0.25, 0.3) is 0 Å². The second-order valence-corrected chi connectivity index (χ2v) is 19.4. The van der Waals surface area contributed by atoms with Crippen LogP contribution in [0.3, 0.4) is 0 Å². The van der Waals surface area contributed by atoms with Gasteiger partial charge >= 0.3 is 25.3 Å². The summed E-state index contributed by atoms with van der Waals surface area (Å²) in [6.45, 7) is 22.5. The number of ether oxygens (including phenoxy) is 5. The molecule has 5 fully saturated rings. The Bertz CT molecular complexity index is 1840. The number of likely N-dealkylation sites (tertiary alicyclic amines) is 1.